The predicted octanol–water partition coefficient (Wildman–Crippen LogP) is 3.85. The third-order valence-electron chi connectivity index (χ3n) is 5.06. The monoisotopic (exact) mass is 357 g/mol. The zero-order chi connectivity index (χ0) is 16.0. The molecule has 0 radical (unpaired) electrons. The maximum absolute atomic E-state index is 6.31. The lowest BCUT2D eigenvalue weighted by Gasteiger charge is -2.35. The van der Waals surface area contributed by atoms with E-state index in [0.29, 0.717) is 6.61 Å². The highest BCUT2D eigenvalue weighted by molar-refractivity contribution is 7.09. The van der Waals surface area contributed by atoms with E-state index in [1.807, 2.05) is 17.5 Å². The van der Waals surface area contributed by atoms with E-state index in [0.717, 1.165) is 38.4 Å². The van der Waals surface area contributed by atoms with Crippen LogP contribution in [-0.4, -0.2) is 33.1 Å². The first-order chi connectivity index (χ1) is 11.8. The summed E-state index contributed by atoms with van der Waals surface area (Å²) in [5.41, 5.74) is 2.44. The Morgan fingerprint density at radius 3 is 3.08 bits per heavy atom. The van der Waals surface area contributed by atoms with Crippen molar-refractivity contribution in [1.82, 2.24) is 14.5 Å². The minimum Gasteiger partial charge on any atom is -0.364 e. The minimum atomic E-state index is -0.0598. The van der Waals surface area contributed by atoms with Crippen molar-refractivity contribution >= 4 is 22.7 Å². The zero-order valence-electron chi connectivity index (χ0n) is 13.4. The Bertz CT molecular complexity index is 825. The van der Waals surface area contributed by atoms with Crippen LogP contribution in [0.4, 0.5) is 0 Å². The van der Waals surface area contributed by atoms with E-state index < -0.39 is 0 Å². The van der Waals surface area contributed by atoms with E-state index in [4.69, 9.17) is 4.74 Å². The first-order valence-electron chi connectivity index (χ1n) is 8.27. The van der Waals surface area contributed by atoms with E-state index in [1.54, 1.807) is 11.3 Å². The van der Waals surface area contributed by atoms with Gasteiger partial charge in [0.25, 0.3) is 0 Å². The van der Waals surface area contributed by atoms with Crippen molar-refractivity contribution in [3.63, 3.8) is 0 Å². The van der Waals surface area contributed by atoms with Crippen LogP contribution in [0.2, 0.25) is 0 Å². The second-order valence-electron chi connectivity index (χ2n) is 6.67. The molecule has 0 N–H and O–H groups in total. The van der Waals surface area contributed by atoms with Crippen LogP contribution < -0.4 is 0 Å². The number of thiophene rings is 2. The van der Waals surface area contributed by atoms with Crippen molar-refractivity contribution in [2.24, 2.45) is 0 Å². The smallest absolute Gasteiger partial charge is 0.135 e. The van der Waals surface area contributed by atoms with Crippen LogP contribution in [0, 0.1) is 0 Å². The van der Waals surface area contributed by atoms with E-state index in [9.17, 15) is 0 Å². The molecule has 1 atom stereocenters. The molecule has 4 nitrogen and oxygen atoms in total. The summed E-state index contributed by atoms with van der Waals surface area (Å²) in [7, 11) is 0. The van der Waals surface area contributed by atoms with E-state index >= 15 is 0 Å². The Hall–Kier alpha value is -1.47. The van der Waals surface area contributed by atoms with Gasteiger partial charge in [0.05, 0.1) is 18.4 Å². The van der Waals surface area contributed by atoms with Gasteiger partial charge < -0.3 is 9.30 Å². The Kier molecular flexibility index (Phi) is 3.59. The molecule has 3 aromatic rings. The normalized spacial score (nSPS) is 23.8. The van der Waals surface area contributed by atoms with Gasteiger partial charge in [0.1, 0.15) is 18.0 Å². The van der Waals surface area contributed by atoms with Gasteiger partial charge in [0.15, 0.2) is 0 Å². The predicted molar refractivity (Wildman–Crippen MR) is 97.3 cm³/mol. The van der Waals surface area contributed by atoms with Gasteiger partial charge in [-0.1, -0.05) is 6.07 Å². The van der Waals surface area contributed by atoms with Crippen molar-refractivity contribution in [3.8, 4) is 11.3 Å². The molecular weight excluding hydrogens is 338 g/mol. The molecular formula is C18H19N3OS2. The molecule has 0 saturated carbocycles. The number of hydrogen-bond acceptors (Lipinski definition) is 5. The maximum Gasteiger partial charge on any atom is 0.135 e. The number of nitrogens with zero attached hydrogens (tertiary/aromatic N) is 3. The second-order valence-corrected chi connectivity index (χ2v) is 8.48. The van der Waals surface area contributed by atoms with E-state index in [1.165, 1.54) is 16.1 Å². The molecule has 1 saturated heterocycles. The number of hydrogen-bond donors (Lipinski definition) is 0. The molecule has 6 heteroatoms. The Labute approximate surface area is 149 Å². The van der Waals surface area contributed by atoms with Crippen LogP contribution >= 0.6 is 22.7 Å². The largest absolute Gasteiger partial charge is 0.364 e. The van der Waals surface area contributed by atoms with Crippen molar-refractivity contribution in [2.45, 2.75) is 31.7 Å². The minimum absolute atomic E-state index is 0.0598. The number of rotatable bonds is 3. The van der Waals surface area contributed by atoms with Crippen molar-refractivity contribution in [1.29, 1.82) is 0 Å². The van der Waals surface area contributed by atoms with Gasteiger partial charge in [0.2, 0.25) is 0 Å². The van der Waals surface area contributed by atoms with Gasteiger partial charge in [0, 0.05) is 35.5 Å². The number of fused-ring (bicyclic) bond motifs is 1. The molecule has 2 aliphatic heterocycles. The molecule has 1 unspecified atom stereocenters. The van der Waals surface area contributed by atoms with Crippen LogP contribution in [0.3, 0.4) is 0 Å². The summed E-state index contributed by atoms with van der Waals surface area (Å²) in [6.07, 6.45) is 3.09. The van der Waals surface area contributed by atoms with Gasteiger partial charge in [-0.15, -0.1) is 11.3 Å². The van der Waals surface area contributed by atoms with Crippen molar-refractivity contribution in [2.75, 3.05) is 13.1 Å². The fourth-order valence-corrected chi connectivity index (χ4v) is 5.23. The standard InChI is InChI=1S/C18H19N3OS2/c1-2-15(24-6-1)9-20-5-4-18(12-20)13-21-16(14-3-7-23-11-14)8-19-17(21)10-22-18/h1-3,6-8,11H,4-5,9-10,12-13H2. The summed E-state index contributed by atoms with van der Waals surface area (Å²) >= 11 is 3.57. The molecule has 2 aliphatic rings. The highest BCUT2D eigenvalue weighted by Gasteiger charge is 2.43. The lowest BCUT2D eigenvalue weighted by molar-refractivity contribution is -0.0821. The summed E-state index contributed by atoms with van der Waals surface area (Å²) < 4.78 is 8.69. The van der Waals surface area contributed by atoms with Gasteiger partial charge in [-0.3, -0.25) is 4.90 Å². The van der Waals surface area contributed by atoms with Crippen molar-refractivity contribution in [3.05, 3.63) is 51.2 Å². The quantitative estimate of drug-likeness (QED) is 0.713. The van der Waals surface area contributed by atoms with Gasteiger partial charge in [-0.2, -0.15) is 11.3 Å². The highest BCUT2D eigenvalue weighted by atomic mass is 32.1. The first-order valence-corrected chi connectivity index (χ1v) is 10.1. The zero-order valence-corrected chi connectivity index (χ0v) is 15.0. The molecule has 5 heterocycles. The van der Waals surface area contributed by atoms with Crippen LogP contribution in [-0.2, 0) is 24.4 Å². The Morgan fingerprint density at radius 2 is 2.25 bits per heavy atom. The molecule has 3 aromatic heterocycles. The van der Waals surface area contributed by atoms with Gasteiger partial charge in [-0.25, -0.2) is 4.98 Å². The lowest BCUT2D eigenvalue weighted by atomic mass is 10.0. The molecule has 0 aliphatic carbocycles. The fourth-order valence-electron chi connectivity index (χ4n) is 3.83. The summed E-state index contributed by atoms with van der Waals surface area (Å²) in [6.45, 7) is 4.68. The Balaban J connectivity index is 1.38. The second kappa shape index (κ2) is 5.81. The first kappa shape index (κ1) is 14.8. The highest BCUT2D eigenvalue weighted by Crippen LogP contribution is 2.36. The molecule has 0 bridgehead atoms. The van der Waals surface area contributed by atoms with E-state index in [2.05, 4.69) is 48.8 Å². The average molecular weight is 358 g/mol. The summed E-state index contributed by atoms with van der Waals surface area (Å²) in [5, 5.41) is 6.48. The topological polar surface area (TPSA) is 30.3 Å². The lowest BCUT2D eigenvalue weighted by Crippen LogP contribution is -2.44. The summed E-state index contributed by atoms with van der Waals surface area (Å²) in [5.74, 6) is 1.05. The average Bonchev–Trinajstić information content (AvgIpc) is 3.35. The van der Waals surface area contributed by atoms with Crippen LogP contribution in [0.1, 0.15) is 17.1 Å². The third kappa shape index (κ3) is 2.54. The number of ether oxygens (including phenoxy) is 1. The summed E-state index contributed by atoms with van der Waals surface area (Å²) in [4.78, 5) is 8.54. The van der Waals surface area contributed by atoms with Crippen LogP contribution in [0.5, 0.6) is 0 Å². The Morgan fingerprint density at radius 1 is 1.25 bits per heavy atom. The fraction of sp³-hybridized carbons (Fsp3) is 0.389. The number of aromatic nitrogens is 2. The molecule has 1 spiro atoms. The SMILES string of the molecule is c1csc(CN2CCC3(C2)Cn2c(-c4ccsc4)cnc2CO3)c1. The number of imidazole rings is 1. The third-order valence-corrected chi connectivity index (χ3v) is 6.61. The molecule has 124 valence electrons. The molecule has 0 aromatic carbocycles. The molecule has 1 fully saturated rings. The van der Waals surface area contributed by atoms with Gasteiger partial charge >= 0.3 is 0 Å². The van der Waals surface area contributed by atoms with Crippen molar-refractivity contribution < 1.29 is 4.74 Å². The van der Waals surface area contributed by atoms with Gasteiger partial charge in [-0.05, 0) is 29.3 Å². The van der Waals surface area contributed by atoms with E-state index in [-0.39, 0.29) is 5.60 Å². The van der Waals surface area contributed by atoms with Crippen LogP contribution in [0.15, 0.2) is 40.5 Å². The van der Waals surface area contributed by atoms with Crippen LogP contribution in [0.25, 0.3) is 11.3 Å². The number of likely N-dealkylation sites (tertiary alicyclic amines) is 1. The molecule has 0 amide bonds. The molecule has 5 rings (SSSR count). The maximum atomic E-state index is 6.31. The molecule has 24 heavy (non-hydrogen) atoms. The summed E-state index contributed by atoms with van der Waals surface area (Å²) in [6, 6.07) is 6.53.